The highest BCUT2D eigenvalue weighted by Gasteiger charge is 2.30. The molecule has 0 saturated carbocycles. The maximum atomic E-state index is 12.9. The Balaban J connectivity index is 3.17. The van der Waals surface area contributed by atoms with Crippen molar-refractivity contribution in [2.75, 3.05) is 0 Å². The van der Waals surface area contributed by atoms with Crippen molar-refractivity contribution in [3.63, 3.8) is 0 Å². The highest BCUT2D eigenvalue weighted by Crippen LogP contribution is 2.25. The van der Waals surface area contributed by atoms with Crippen molar-refractivity contribution in [2.45, 2.75) is 19.3 Å². The Kier molecular flexibility index (Phi) is 3.34. The monoisotopic (exact) mass is 218 g/mol. The van der Waals surface area contributed by atoms with Gasteiger partial charge in [-0.15, -0.1) is 0 Å². The molecule has 0 aliphatic rings. The minimum absolute atomic E-state index is 0.213. The summed E-state index contributed by atoms with van der Waals surface area (Å²) in [6, 6.07) is 3.21. The lowest BCUT2D eigenvalue weighted by Crippen LogP contribution is -2.19. The first-order valence-electron chi connectivity index (χ1n) is 4.20. The van der Waals surface area contributed by atoms with Crippen molar-refractivity contribution in [3.8, 4) is 0 Å². The Bertz CT molecular complexity index is 357. The van der Waals surface area contributed by atoms with Crippen molar-refractivity contribution in [3.05, 3.63) is 35.1 Å². The van der Waals surface area contributed by atoms with Crippen molar-refractivity contribution in [2.24, 2.45) is 0 Å². The second-order valence-corrected chi connectivity index (χ2v) is 3.21. The fourth-order valence-electron chi connectivity index (χ4n) is 1.34. The van der Waals surface area contributed by atoms with Crippen LogP contribution in [0.4, 0.5) is 13.2 Å². The van der Waals surface area contributed by atoms with Gasteiger partial charge in [-0.3, -0.25) is 4.79 Å². The number of carboxylic acids is 1. The third-order valence-electron chi connectivity index (χ3n) is 1.94. The van der Waals surface area contributed by atoms with Gasteiger partial charge < -0.3 is 5.11 Å². The molecule has 0 aliphatic carbocycles. The van der Waals surface area contributed by atoms with Gasteiger partial charge >= 0.3 is 5.97 Å². The lowest BCUT2D eigenvalue weighted by atomic mass is 9.98. The van der Waals surface area contributed by atoms with E-state index >= 15 is 0 Å². The van der Waals surface area contributed by atoms with E-state index in [1.54, 1.807) is 0 Å². The van der Waals surface area contributed by atoms with Gasteiger partial charge in [-0.25, -0.2) is 13.2 Å². The fourth-order valence-corrected chi connectivity index (χ4v) is 1.34. The predicted molar refractivity (Wildman–Crippen MR) is 47.5 cm³/mol. The second-order valence-electron chi connectivity index (χ2n) is 3.21. The van der Waals surface area contributed by atoms with E-state index in [1.165, 1.54) is 13.0 Å². The van der Waals surface area contributed by atoms with Crippen LogP contribution in [0.3, 0.4) is 0 Å². The number of aryl methyl sites for hydroxylation is 1. The molecule has 82 valence electrons. The summed E-state index contributed by atoms with van der Waals surface area (Å²) >= 11 is 0. The second kappa shape index (κ2) is 4.33. The van der Waals surface area contributed by atoms with Crippen LogP contribution in [0.1, 0.15) is 17.0 Å². The normalized spacial score (nSPS) is 12.9. The molecular formula is C10H9F3O2. The van der Waals surface area contributed by atoms with E-state index in [4.69, 9.17) is 5.11 Å². The summed E-state index contributed by atoms with van der Waals surface area (Å²) in [6.45, 7) is 1.51. The molecule has 0 saturated heterocycles. The Morgan fingerprint density at radius 3 is 2.33 bits per heavy atom. The molecule has 0 fully saturated rings. The molecule has 1 N–H and O–H groups in total. The molecular weight excluding hydrogens is 209 g/mol. The van der Waals surface area contributed by atoms with Gasteiger partial charge in [0.15, 0.2) is 0 Å². The number of carbonyl (C=O) groups is 1. The summed E-state index contributed by atoms with van der Waals surface area (Å²) in [6.07, 6.45) is -3.05. The molecule has 1 unspecified atom stereocenters. The first kappa shape index (κ1) is 11.6. The Morgan fingerprint density at radius 2 is 1.93 bits per heavy atom. The maximum absolute atomic E-state index is 12.9. The Labute approximate surface area is 84.3 Å². The topological polar surface area (TPSA) is 37.3 Å². The number of benzene rings is 1. The van der Waals surface area contributed by atoms with Gasteiger partial charge in [0.25, 0.3) is 6.43 Å². The van der Waals surface area contributed by atoms with Gasteiger partial charge in [-0.2, -0.15) is 0 Å². The summed E-state index contributed by atoms with van der Waals surface area (Å²) in [5.41, 5.74) is 0.201. The third-order valence-corrected chi connectivity index (χ3v) is 1.94. The number of alkyl halides is 2. The maximum Gasteiger partial charge on any atom is 0.316 e. The summed E-state index contributed by atoms with van der Waals surface area (Å²) in [5, 5.41) is 8.58. The van der Waals surface area contributed by atoms with Crippen LogP contribution in [0.5, 0.6) is 0 Å². The van der Waals surface area contributed by atoms with Gasteiger partial charge in [0.1, 0.15) is 11.7 Å². The summed E-state index contributed by atoms with van der Waals surface area (Å²) in [7, 11) is 0. The van der Waals surface area contributed by atoms with Crippen LogP contribution in [-0.4, -0.2) is 17.5 Å². The zero-order chi connectivity index (χ0) is 11.6. The third kappa shape index (κ3) is 2.71. The summed E-state index contributed by atoms with van der Waals surface area (Å²) in [4.78, 5) is 10.6. The van der Waals surface area contributed by atoms with Crippen molar-refractivity contribution < 1.29 is 23.1 Å². The van der Waals surface area contributed by atoms with Gasteiger partial charge in [0, 0.05) is 0 Å². The highest BCUT2D eigenvalue weighted by molar-refractivity contribution is 5.76. The van der Waals surface area contributed by atoms with Crippen LogP contribution in [0, 0.1) is 12.7 Å². The average molecular weight is 218 g/mol. The van der Waals surface area contributed by atoms with Crippen LogP contribution in [0.25, 0.3) is 0 Å². The molecule has 0 heterocycles. The number of rotatable bonds is 3. The average Bonchev–Trinajstić information content (AvgIpc) is 1.99. The molecule has 0 bridgehead atoms. The predicted octanol–water partition coefficient (Wildman–Crippen LogP) is 2.57. The van der Waals surface area contributed by atoms with Gasteiger partial charge in [0.05, 0.1) is 0 Å². The largest absolute Gasteiger partial charge is 0.481 e. The van der Waals surface area contributed by atoms with Crippen molar-refractivity contribution in [1.29, 1.82) is 0 Å². The van der Waals surface area contributed by atoms with E-state index < -0.39 is 24.1 Å². The molecule has 0 amide bonds. The summed E-state index contributed by atoms with van der Waals surface area (Å²) in [5.74, 6) is -4.34. The zero-order valence-corrected chi connectivity index (χ0v) is 7.88. The quantitative estimate of drug-likeness (QED) is 0.846. The first-order valence-corrected chi connectivity index (χ1v) is 4.20. The molecule has 1 aromatic carbocycles. The van der Waals surface area contributed by atoms with E-state index in [0.29, 0.717) is 5.56 Å². The number of aliphatic carboxylic acids is 1. The van der Waals surface area contributed by atoms with E-state index in [2.05, 4.69) is 0 Å². The van der Waals surface area contributed by atoms with Crippen molar-refractivity contribution in [1.82, 2.24) is 0 Å². The van der Waals surface area contributed by atoms with Crippen molar-refractivity contribution >= 4 is 5.97 Å². The number of carboxylic acid groups (broad SMARTS) is 1. The van der Waals surface area contributed by atoms with Crippen LogP contribution < -0.4 is 0 Å². The molecule has 1 aromatic rings. The smallest absolute Gasteiger partial charge is 0.316 e. The van der Waals surface area contributed by atoms with Crippen LogP contribution in [-0.2, 0) is 4.79 Å². The van der Waals surface area contributed by atoms with Gasteiger partial charge in [-0.1, -0.05) is 6.07 Å². The molecule has 15 heavy (non-hydrogen) atoms. The molecule has 5 heteroatoms. The minimum atomic E-state index is -3.05. The summed E-state index contributed by atoms with van der Waals surface area (Å²) < 4.78 is 37.7. The molecule has 0 aromatic heterocycles. The van der Waals surface area contributed by atoms with E-state index in [1.807, 2.05) is 0 Å². The molecule has 2 nitrogen and oxygen atoms in total. The van der Waals surface area contributed by atoms with Gasteiger partial charge in [-0.05, 0) is 30.2 Å². The first-order chi connectivity index (χ1) is 6.91. The molecule has 1 rings (SSSR count). The zero-order valence-electron chi connectivity index (χ0n) is 7.88. The van der Waals surface area contributed by atoms with E-state index in [9.17, 15) is 18.0 Å². The minimum Gasteiger partial charge on any atom is -0.481 e. The molecule has 0 spiro atoms. The lowest BCUT2D eigenvalue weighted by Gasteiger charge is -2.12. The molecule has 0 aliphatic heterocycles. The van der Waals surface area contributed by atoms with Crippen LogP contribution in [0.2, 0.25) is 0 Å². The highest BCUT2D eigenvalue weighted by atomic mass is 19.3. The fraction of sp³-hybridized carbons (Fsp3) is 0.300. The Morgan fingerprint density at radius 1 is 1.33 bits per heavy atom. The molecule has 0 radical (unpaired) electrons. The van der Waals surface area contributed by atoms with Gasteiger partial charge in [0.2, 0.25) is 0 Å². The SMILES string of the molecule is Cc1cc(F)cc(C(C(=O)O)C(F)F)c1. The molecule has 1 atom stereocenters. The number of hydrogen-bond donors (Lipinski definition) is 1. The number of halogens is 3. The van der Waals surface area contributed by atoms with E-state index in [-0.39, 0.29) is 5.56 Å². The Hall–Kier alpha value is -1.52. The van der Waals surface area contributed by atoms with E-state index in [0.717, 1.165) is 12.1 Å². The lowest BCUT2D eigenvalue weighted by molar-refractivity contribution is -0.142. The van der Waals surface area contributed by atoms with Crippen LogP contribution in [0.15, 0.2) is 18.2 Å². The number of hydrogen-bond acceptors (Lipinski definition) is 1. The van der Waals surface area contributed by atoms with Crippen LogP contribution >= 0.6 is 0 Å². The standard InChI is InChI=1S/C10H9F3O2/c1-5-2-6(4-7(11)3-5)8(9(12)13)10(14)15/h2-4,8-9H,1H3,(H,14,15).